The average molecular weight is 1220 g/mol. The smallest absolute Gasteiger partial charge is 0.293 e. The van der Waals surface area contributed by atoms with Crippen molar-refractivity contribution in [2.75, 3.05) is 89.3 Å². The highest BCUT2D eigenvalue weighted by molar-refractivity contribution is 7.90. The van der Waals surface area contributed by atoms with Crippen LogP contribution < -0.4 is 25.0 Å². The highest BCUT2D eigenvalue weighted by Gasteiger charge is 2.40. The van der Waals surface area contributed by atoms with Gasteiger partial charge in [-0.3, -0.25) is 39.5 Å². The lowest BCUT2D eigenvalue weighted by Crippen LogP contribution is -2.52. The summed E-state index contributed by atoms with van der Waals surface area (Å²) >= 11 is 6.27. The summed E-state index contributed by atoms with van der Waals surface area (Å²) in [5.74, 6) is 5.22. The molecule has 6 heterocycles. The number of carbonyl (C=O) groups is 4. The van der Waals surface area contributed by atoms with E-state index in [2.05, 4.69) is 89.8 Å². The number of piperazine rings is 1. The number of ether oxygens (including phenoxy) is 1. The lowest BCUT2D eigenvalue weighted by Gasteiger charge is -2.39. The molecule has 22 heteroatoms. The number of halogens is 1. The second-order valence-electron chi connectivity index (χ2n) is 24.2. The highest BCUT2D eigenvalue weighted by Crippen LogP contribution is 2.44. The summed E-state index contributed by atoms with van der Waals surface area (Å²) in [5, 5.41) is 19.5. The van der Waals surface area contributed by atoms with E-state index in [4.69, 9.17) is 16.3 Å². The van der Waals surface area contributed by atoms with E-state index in [1.54, 1.807) is 42.6 Å². The standard InChI is InChI=1S/C65H72ClN11O9S/c1-65(2)24-20-47(54(38-65)45-10-12-48(66)13-11-45)41-74-31-33-75(34-32-74)49-14-16-53(59(36-49)86-50-35-46-21-25-67-61(46)69-40-50)62(79)71-87(84,85)51-15-17-56(58(37-51)77(82)83)68-39-43-22-27-73(28-23-43)30-29-72(3)26-5-4-7-44-8-6-9-52-55(44)42-76(64(52)81)57-18-19-60(78)70-63(57)80/h6,8-17,21,25,35-37,40,43,57,68H,5,18-20,22-24,26-34,38-39,41-42H2,1-3H3,(H,67,69)(H,71,79)(H,70,78,80). The van der Waals surface area contributed by atoms with Crippen LogP contribution in [-0.2, 0) is 26.2 Å². The van der Waals surface area contributed by atoms with Gasteiger partial charge in [0, 0.05) is 124 Å². The molecule has 0 spiro atoms. The van der Waals surface area contributed by atoms with Gasteiger partial charge in [-0.2, -0.15) is 0 Å². The van der Waals surface area contributed by atoms with Crippen molar-refractivity contribution in [3.8, 4) is 23.3 Å². The Hall–Kier alpha value is -8.13. The van der Waals surface area contributed by atoms with Crippen LogP contribution >= 0.6 is 11.6 Å². The third kappa shape index (κ3) is 14.3. The van der Waals surface area contributed by atoms with Gasteiger partial charge in [-0.05, 0) is 147 Å². The number of carbonyl (C=O) groups excluding carboxylic acids is 4. The molecule has 6 aromatic rings. The second kappa shape index (κ2) is 26.1. The summed E-state index contributed by atoms with van der Waals surface area (Å²) in [5.41, 5.74) is 7.51. The Morgan fingerprint density at radius 1 is 0.931 bits per heavy atom. The van der Waals surface area contributed by atoms with Gasteiger partial charge in [0.2, 0.25) is 11.8 Å². The molecular formula is C65H72ClN11O9S. The van der Waals surface area contributed by atoms with E-state index in [-0.39, 0.29) is 53.1 Å². The number of likely N-dealkylation sites (tertiary alicyclic amines) is 1. The minimum atomic E-state index is -4.63. The maximum absolute atomic E-state index is 14.2. The second-order valence-corrected chi connectivity index (χ2v) is 26.3. The third-order valence-electron chi connectivity index (χ3n) is 17.6. The van der Waals surface area contributed by atoms with Crippen LogP contribution in [0.2, 0.25) is 5.02 Å². The number of amides is 4. The van der Waals surface area contributed by atoms with Gasteiger partial charge in [-0.15, -0.1) is 0 Å². The van der Waals surface area contributed by atoms with Crippen molar-refractivity contribution in [1.29, 1.82) is 0 Å². The van der Waals surface area contributed by atoms with E-state index < -0.39 is 43.4 Å². The zero-order chi connectivity index (χ0) is 61.0. The van der Waals surface area contributed by atoms with E-state index in [0.717, 1.165) is 118 Å². The molecule has 5 aliphatic rings. The molecule has 4 amide bonds. The molecule has 4 aliphatic heterocycles. The van der Waals surface area contributed by atoms with Crippen molar-refractivity contribution in [1.82, 2.24) is 39.6 Å². The summed E-state index contributed by atoms with van der Waals surface area (Å²) in [4.78, 5) is 81.4. The Bertz CT molecular complexity index is 3840. The molecule has 20 nitrogen and oxygen atoms in total. The number of nitro groups is 1. The largest absolute Gasteiger partial charge is 0.455 e. The van der Waals surface area contributed by atoms with Crippen LogP contribution in [0.1, 0.15) is 103 Å². The lowest BCUT2D eigenvalue weighted by molar-refractivity contribution is -0.384. The molecule has 0 radical (unpaired) electrons. The number of hydrogen-bond acceptors (Lipinski definition) is 15. The number of sulfonamides is 1. The van der Waals surface area contributed by atoms with Crippen LogP contribution in [0.15, 0.2) is 114 Å². The van der Waals surface area contributed by atoms with Crippen LogP contribution in [-0.4, -0.2) is 152 Å². The number of fused-ring (bicyclic) bond motifs is 2. The zero-order valence-electron chi connectivity index (χ0n) is 49.2. The van der Waals surface area contributed by atoms with Gasteiger partial charge < -0.3 is 34.6 Å². The fourth-order valence-electron chi connectivity index (χ4n) is 12.4. The summed E-state index contributed by atoms with van der Waals surface area (Å²) in [6.45, 7) is 13.4. The van der Waals surface area contributed by atoms with Crippen molar-refractivity contribution >= 4 is 78.9 Å². The number of benzene rings is 4. The van der Waals surface area contributed by atoms with E-state index in [9.17, 15) is 37.7 Å². The Balaban J connectivity index is 0.673. The van der Waals surface area contributed by atoms with Gasteiger partial charge in [-0.25, -0.2) is 18.1 Å². The number of nitrogens with zero attached hydrogens (tertiary/aromatic N) is 7. The topological polar surface area (TPSA) is 236 Å². The molecule has 3 saturated heterocycles. The Kier molecular flexibility index (Phi) is 18.1. The normalized spacial score (nSPS) is 18.6. The summed E-state index contributed by atoms with van der Waals surface area (Å²) in [7, 11) is -2.57. The summed E-state index contributed by atoms with van der Waals surface area (Å²) in [6.07, 6.45) is 9.28. The van der Waals surface area contributed by atoms with Gasteiger partial charge in [0.1, 0.15) is 28.9 Å². The van der Waals surface area contributed by atoms with E-state index in [1.165, 1.54) is 39.9 Å². The maximum Gasteiger partial charge on any atom is 0.293 e. The van der Waals surface area contributed by atoms with Crippen LogP contribution in [0.5, 0.6) is 11.5 Å². The molecular weight excluding hydrogens is 1150 g/mol. The Morgan fingerprint density at radius 3 is 2.49 bits per heavy atom. The molecule has 11 rings (SSSR count). The maximum atomic E-state index is 14.2. The number of allylic oxidation sites excluding steroid dienone is 1. The lowest BCUT2D eigenvalue weighted by atomic mass is 9.72. The molecule has 4 aromatic carbocycles. The number of likely N-dealkylation sites (N-methyl/N-ethyl adjacent to an activating group) is 1. The van der Waals surface area contributed by atoms with E-state index in [0.29, 0.717) is 49.4 Å². The number of aromatic amines is 1. The van der Waals surface area contributed by atoms with Gasteiger partial charge in [0.25, 0.3) is 27.5 Å². The molecule has 454 valence electrons. The SMILES string of the molecule is CN(CCC#Cc1cccc2c1CN(C1CCC(=O)NC1=O)C2=O)CCN1CCC(CNc2ccc(S(=O)(=O)NC(=O)c3ccc(N4CCN(CC5=C(c6ccc(Cl)cc6)CC(C)(C)CC5)CC4)cc3Oc3cnc4[nH]ccc4c3)cc2[N+](=O)[O-])CC1. The molecule has 2 aromatic heterocycles. The predicted molar refractivity (Wildman–Crippen MR) is 334 cm³/mol. The molecule has 0 bridgehead atoms. The molecule has 1 aliphatic carbocycles. The third-order valence-corrected chi connectivity index (χ3v) is 19.1. The number of H-pyrrole nitrogens is 1. The number of nitro benzene ring substituents is 1. The highest BCUT2D eigenvalue weighted by atomic mass is 35.5. The Labute approximate surface area is 511 Å². The number of anilines is 2. The van der Waals surface area contributed by atoms with Gasteiger partial charge in [0.15, 0.2) is 0 Å². The van der Waals surface area contributed by atoms with Crippen molar-refractivity contribution in [3.05, 3.63) is 152 Å². The van der Waals surface area contributed by atoms with E-state index >= 15 is 0 Å². The minimum absolute atomic E-state index is 0.0547. The molecule has 1 atom stereocenters. The van der Waals surface area contributed by atoms with Crippen LogP contribution in [0, 0.1) is 33.3 Å². The fourth-order valence-corrected chi connectivity index (χ4v) is 13.5. The number of pyridine rings is 1. The number of nitrogens with one attached hydrogen (secondary N) is 4. The number of aromatic nitrogens is 2. The molecule has 3 fully saturated rings. The number of rotatable bonds is 19. The van der Waals surface area contributed by atoms with Crippen molar-refractivity contribution in [3.63, 3.8) is 0 Å². The first kappa shape index (κ1) is 60.6. The van der Waals surface area contributed by atoms with Crippen molar-refractivity contribution in [2.24, 2.45) is 11.3 Å². The molecule has 87 heavy (non-hydrogen) atoms. The average Bonchev–Trinajstić information content (AvgIpc) is 2.17. The first-order chi connectivity index (χ1) is 41.8. The van der Waals surface area contributed by atoms with Crippen molar-refractivity contribution < 1.29 is 37.3 Å². The van der Waals surface area contributed by atoms with Crippen LogP contribution in [0.4, 0.5) is 17.1 Å². The summed E-state index contributed by atoms with van der Waals surface area (Å²) in [6, 6.07) is 25.2. The van der Waals surface area contributed by atoms with Crippen LogP contribution in [0.3, 0.4) is 0 Å². The van der Waals surface area contributed by atoms with Crippen LogP contribution in [0.25, 0.3) is 16.6 Å². The zero-order valence-corrected chi connectivity index (χ0v) is 50.8. The molecule has 0 saturated carbocycles. The monoisotopic (exact) mass is 1220 g/mol. The van der Waals surface area contributed by atoms with E-state index in [1.807, 2.05) is 24.3 Å². The van der Waals surface area contributed by atoms with Crippen molar-refractivity contribution in [2.45, 2.75) is 82.7 Å². The predicted octanol–water partition coefficient (Wildman–Crippen LogP) is 9.08. The number of imide groups is 1. The molecule has 1 unspecified atom stereocenters. The summed E-state index contributed by atoms with van der Waals surface area (Å²) < 4.78 is 36.5. The number of piperidine rings is 2. The number of hydrogen-bond donors (Lipinski definition) is 4. The minimum Gasteiger partial charge on any atom is -0.455 e. The van der Waals surface area contributed by atoms with Gasteiger partial charge in [0.05, 0.1) is 21.6 Å². The first-order valence-corrected chi connectivity index (χ1v) is 31.6. The fraction of sp³-hybridized carbons (Fsp3) is 0.400. The quantitative estimate of drug-likeness (QED) is 0.0256. The Morgan fingerprint density at radius 2 is 1.72 bits per heavy atom. The first-order valence-electron chi connectivity index (χ1n) is 29.8. The van der Waals surface area contributed by atoms with Gasteiger partial charge >= 0.3 is 0 Å². The van der Waals surface area contributed by atoms with Gasteiger partial charge in [-0.1, -0.05) is 61.1 Å². The molecule has 4 N–H and O–H groups in total.